The Morgan fingerprint density at radius 2 is 2.15 bits per heavy atom. The Balaban J connectivity index is 2.07. The zero-order valence-corrected chi connectivity index (χ0v) is 11.6. The minimum absolute atomic E-state index is 0.221. The van der Waals surface area contributed by atoms with Crippen molar-refractivity contribution in [1.29, 1.82) is 0 Å². The van der Waals surface area contributed by atoms with E-state index in [2.05, 4.69) is 15.6 Å². The van der Waals surface area contributed by atoms with Gasteiger partial charge in [0, 0.05) is 18.6 Å². The zero-order valence-electron chi connectivity index (χ0n) is 10.9. The monoisotopic (exact) mass is 291 g/mol. The molecule has 20 heavy (non-hydrogen) atoms. The van der Waals surface area contributed by atoms with Crippen molar-refractivity contribution in [2.45, 2.75) is 6.54 Å². The van der Waals surface area contributed by atoms with Crippen molar-refractivity contribution in [3.8, 4) is 0 Å². The number of hydrazine groups is 1. The van der Waals surface area contributed by atoms with Crippen LogP contribution in [0.5, 0.6) is 0 Å². The zero-order chi connectivity index (χ0) is 14.5. The molecule has 7 heteroatoms. The molecule has 1 aromatic heterocycles. The molecule has 1 aromatic carbocycles. The number of benzene rings is 1. The molecule has 0 unspecified atom stereocenters. The average Bonchev–Trinajstić information content (AvgIpc) is 2.46. The number of anilines is 1. The molecule has 0 bridgehead atoms. The Labute approximate surface area is 121 Å². The number of carbonyl (C=O) groups is 1. The Hall–Kier alpha value is -2.18. The van der Waals surface area contributed by atoms with E-state index in [0.29, 0.717) is 17.4 Å². The standard InChI is InChI=1S/C13H14ClN5O/c1-19(8-9-3-2-4-10(14)7-9)13(20)11-5-6-12(16-15)18-17-11/h2-7H,8,15H2,1H3,(H,16,18). The summed E-state index contributed by atoms with van der Waals surface area (Å²) in [7, 11) is 1.69. The lowest BCUT2D eigenvalue weighted by molar-refractivity contribution is 0.0778. The van der Waals surface area contributed by atoms with Gasteiger partial charge in [0.05, 0.1) is 0 Å². The highest BCUT2D eigenvalue weighted by atomic mass is 35.5. The smallest absolute Gasteiger partial charge is 0.274 e. The normalized spacial score (nSPS) is 10.2. The molecule has 0 aliphatic carbocycles. The molecule has 0 radical (unpaired) electrons. The molecule has 0 fully saturated rings. The van der Waals surface area contributed by atoms with Crippen LogP contribution in [0.1, 0.15) is 16.1 Å². The van der Waals surface area contributed by atoms with Crippen LogP contribution in [0, 0.1) is 0 Å². The number of carbonyl (C=O) groups excluding carboxylic acids is 1. The predicted octanol–water partition coefficient (Wildman–Crippen LogP) is 1.69. The number of aromatic nitrogens is 2. The van der Waals surface area contributed by atoms with E-state index in [-0.39, 0.29) is 11.6 Å². The first-order valence-electron chi connectivity index (χ1n) is 5.90. The maximum atomic E-state index is 12.2. The summed E-state index contributed by atoms with van der Waals surface area (Å²) in [4.78, 5) is 13.7. The fourth-order valence-corrected chi connectivity index (χ4v) is 1.91. The molecule has 0 saturated carbocycles. The predicted molar refractivity (Wildman–Crippen MR) is 77.1 cm³/mol. The van der Waals surface area contributed by atoms with Crippen molar-refractivity contribution in [3.63, 3.8) is 0 Å². The lowest BCUT2D eigenvalue weighted by Crippen LogP contribution is -2.27. The molecule has 1 amide bonds. The van der Waals surface area contributed by atoms with Gasteiger partial charge in [-0.3, -0.25) is 4.79 Å². The molecular weight excluding hydrogens is 278 g/mol. The van der Waals surface area contributed by atoms with Crippen LogP contribution in [-0.4, -0.2) is 28.1 Å². The molecule has 0 atom stereocenters. The lowest BCUT2D eigenvalue weighted by atomic mass is 10.2. The quantitative estimate of drug-likeness (QED) is 0.661. The van der Waals surface area contributed by atoms with Crippen LogP contribution in [0.4, 0.5) is 5.82 Å². The molecule has 1 heterocycles. The number of nitrogens with two attached hydrogens (primary N) is 1. The fraction of sp³-hybridized carbons (Fsp3) is 0.154. The number of hydrogen-bond acceptors (Lipinski definition) is 5. The summed E-state index contributed by atoms with van der Waals surface area (Å²) in [6, 6.07) is 10.5. The third-order valence-corrected chi connectivity index (χ3v) is 2.92. The van der Waals surface area contributed by atoms with E-state index >= 15 is 0 Å². The van der Waals surface area contributed by atoms with E-state index in [1.807, 2.05) is 18.2 Å². The summed E-state index contributed by atoms with van der Waals surface area (Å²) >= 11 is 5.91. The van der Waals surface area contributed by atoms with Crippen LogP contribution < -0.4 is 11.3 Å². The molecule has 0 aliphatic heterocycles. The third-order valence-electron chi connectivity index (χ3n) is 2.69. The maximum absolute atomic E-state index is 12.2. The van der Waals surface area contributed by atoms with Crippen LogP contribution in [0.3, 0.4) is 0 Å². The largest absolute Gasteiger partial charge is 0.336 e. The molecular formula is C13H14ClN5O. The van der Waals surface area contributed by atoms with Crippen molar-refractivity contribution in [2.75, 3.05) is 12.5 Å². The van der Waals surface area contributed by atoms with Crippen molar-refractivity contribution in [1.82, 2.24) is 15.1 Å². The first-order valence-corrected chi connectivity index (χ1v) is 6.28. The third kappa shape index (κ3) is 3.43. The van der Waals surface area contributed by atoms with E-state index in [1.54, 1.807) is 30.1 Å². The molecule has 0 saturated heterocycles. The van der Waals surface area contributed by atoms with Gasteiger partial charge in [-0.2, -0.15) is 0 Å². The number of rotatable bonds is 4. The minimum Gasteiger partial charge on any atom is -0.336 e. The van der Waals surface area contributed by atoms with Crippen molar-refractivity contribution < 1.29 is 4.79 Å². The number of nitrogen functional groups attached to an aromatic ring is 1. The number of hydrogen-bond donors (Lipinski definition) is 2. The van der Waals surface area contributed by atoms with Crippen molar-refractivity contribution in [3.05, 3.63) is 52.7 Å². The topological polar surface area (TPSA) is 84.1 Å². The molecule has 3 N–H and O–H groups in total. The van der Waals surface area contributed by atoms with E-state index in [1.165, 1.54) is 0 Å². The van der Waals surface area contributed by atoms with Crippen molar-refractivity contribution in [2.24, 2.45) is 5.84 Å². The van der Waals surface area contributed by atoms with Gasteiger partial charge in [0.25, 0.3) is 5.91 Å². The second-order valence-corrected chi connectivity index (χ2v) is 4.68. The highest BCUT2D eigenvalue weighted by Crippen LogP contribution is 2.13. The Kier molecular flexibility index (Phi) is 4.49. The van der Waals surface area contributed by atoms with E-state index in [4.69, 9.17) is 17.4 Å². The van der Waals surface area contributed by atoms with Gasteiger partial charge in [0.15, 0.2) is 11.5 Å². The molecule has 2 rings (SSSR count). The van der Waals surface area contributed by atoms with Gasteiger partial charge in [-0.1, -0.05) is 23.7 Å². The van der Waals surface area contributed by atoms with Crippen LogP contribution in [0.15, 0.2) is 36.4 Å². The second-order valence-electron chi connectivity index (χ2n) is 4.24. The minimum atomic E-state index is -0.221. The van der Waals surface area contributed by atoms with Gasteiger partial charge >= 0.3 is 0 Å². The van der Waals surface area contributed by atoms with Gasteiger partial charge in [-0.05, 0) is 29.8 Å². The summed E-state index contributed by atoms with van der Waals surface area (Å²) in [5.41, 5.74) is 3.56. The lowest BCUT2D eigenvalue weighted by Gasteiger charge is -2.16. The van der Waals surface area contributed by atoms with E-state index in [0.717, 1.165) is 5.56 Å². The highest BCUT2D eigenvalue weighted by Gasteiger charge is 2.14. The molecule has 104 valence electrons. The van der Waals surface area contributed by atoms with Crippen LogP contribution in [0.2, 0.25) is 5.02 Å². The summed E-state index contributed by atoms with van der Waals surface area (Å²) in [6.45, 7) is 0.442. The van der Waals surface area contributed by atoms with Crippen molar-refractivity contribution >= 4 is 23.3 Å². The Bertz CT molecular complexity index is 602. The Morgan fingerprint density at radius 1 is 1.35 bits per heavy atom. The summed E-state index contributed by atoms with van der Waals surface area (Å²) in [6.07, 6.45) is 0. The molecule has 6 nitrogen and oxygen atoms in total. The van der Waals surface area contributed by atoms with Gasteiger partial charge in [-0.15, -0.1) is 10.2 Å². The number of nitrogens with one attached hydrogen (secondary N) is 1. The fourth-order valence-electron chi connectivity index (χ4n) is 1.70. The number of halogens is 1. The van der Waals surface area contributed by atoms with Crippen LogP contribution in [-0.2, 0) is 6.54 Å². The van der Waals surface area contributed by atoms with E-state index in [9.17, 15) is 4.79 Å². The summed E-state index contributed by atoms with van der Waals surface area (Å²) in [5.74, 6) is 5.37. The molecule has 0 spiro atoms. The molecule has 2 aromatic rings. The maximum Gasteiger partial charge on any atom is 0.274 e. The van der Waals surface area contributed by atoms with Gasteiger partial charge in [-0.25, -0.2) is 5.84 Å². The average molecular weight is 292 g/mol. The van der Waals surface area contributed by atoms with E-state index < -0.39 is 0 Å². The summed E-state index contributed by atoms with van der Waals surface area (Å²) in [5, 5.41) is 8.23. The van der Waals surface area contributed by atoms with Gasteiger partial charge < -0.3 is 10.3 Å². The van der Waals surface area contributed by atoms with Crippen LogP contribution >= 0.6 is 11.6 Å². The molecule has 0 aliphatic rings. The highest BCUT2D eigenvalue weighted by molar-refractivity contribution is 6.30. The number of nitrogens with zero attached hydrogens (tertiary/aromatic N) is 3. The first-order chi connectivity index (χ1) is 9.60. The van der Waals surface area contributed by atoms with Crippen LogP contribution in [0.25, 0.3) is 0 Å². The second kappa shape index (κ2) is 6.31. The number of amides is 1. The first kappa shape index (κ1) is 14.2. The van der Waals surface area contributed by atoms with Gasteiger partial charge in [0.1, 0.15) is 0 Å². The van der Waals surface area contributed by atoms with Gasteiger partial charge in [0.2, 0.25) is 0 Å². The SMILES string of the molecule is CN(Cc1cccc(Cl)c1)C(=O)c1ccc(NN)nn1. The summed E-state index contributed by atoms with van der Waals surface area (Å²) < 4.78 is 0. The Morgan fingerprint density at radius 3 is 2.75 bits per heavy atom.